The van der Waals surface area contributed by atoms with Crippen molar-refractivity contribution in [3.05, 3.63) is 83.9 Å². The molecular weight excluding hydrogens is 400 g/mol. The summed E-state index contributed by atoms with van der Waals surface area (Å²) in [6.45, 7) is 1.98. The van der Waals surface area contributed by atoms with Crippen LogP contribution in [-0.4, -0.2) is 20.2 Å². The van der Waals surface area contributed by atoms with Gasteiger partial charge in [0, 0.05) is 0 Å². The first-order valence-electron chi connectivity index (χ1n) is 9.65. The van der Waals surface area contributed by atoms with Gasteiger partial charge in [0.1, 0.15) is 5.75 Å². The number of amides is 2. The molecule has 4 rings (SSSR count). The number of benzene rings is 3. The molecule has 2 N–H and O–H groups in total. The second kappa shape index (κ2) is 8.20. The molecule has 0 saturated heterocycles. The maximum atomic E-state index is 12.7. The number of urea groups is 1. The van der Waals surface area contributed by atoms with Gasteiger partial charge in [-0.05, 0) is 54.8 Å². The van der Waals surface area contributed by atoms with Crippen LogP contribution in [0.2, 0.25) is 0 Å². The van der Waals surface area contributed by atoms with Crippen LogP contribution in [0.1, 0.15) is 23.6 Å². The quantitative estimate of drug-likeness (QED) is 0.631. The predicted octanol–water partition coefficient (Wildman–Crippen LogP) is 4.83. The summed E-state index contributed by atoms with van der Waals surface area (Å²) in [4.78, 5) is 13.0. The van der Waals surface area contributed by atoms with Crippen molar-refractivity contribution in [1.82, 2.24) is 5.32 Å². The number of carbonyl (C=O) groups is 1. The van der Waals surface area contributed by atoms with E-state index in [0.717, 1.165) is 5.56 Å². The minimum Gasteiger partial charge on any atom is -0.455 e. The van der Waals surface area contributed by atoms with Crippen molar-refractivity contribution in [1.29, 1.82) is 0 Å². The predicted molar refractivity (Wildman–Crippen MR) is 116 cm³/mol. The Morgan fingerprint density at radius 2 is 1.77 bits per heavy atom. The molecule has 0 fully saturated rings. The first kappa shape index (κ1) is 20.0. The number of hydrogen-bond donors (Lipinski definition) is 2. The Morgan fingerprint density at radius 1 is 1.00 bits per heavy atom. The number of hydrogen-bond acceptors (Lipinski definition) is 4. The van der Waals surface area contributed by atoms with Gasteiger partial charge in [-0.1, -0.05) is 42.5 Å². The zero-order chi connectivity index (χ0) is 21.1. The SMILES string of the molecule is Cc1cccc(Oc2ccccc2NC(=O)NC2CCS(=O)(=O)c3ccccc32)c1. The van der Waals surface area contributed by atoms with Gasteiger partial charge in [-0.2, -0.15) is 0 Å². The van der Waals surface area contributed by atoms with Crippen LogP contribution < -0.4 is 15.4 Å². The van der Waals surface area contributed by atoms with Gasteiger partial charge >= 0.3 is 6.03 Å². The molecule has 0 radical (unpaired) electrons. The molecule has 0 saturated carbocycles. The standard InChI is InChI=1S/C23H22N2O4S/c1-16-7-6-8-17(15-16)29-21-11-4-3-10-20(21)25-23(26)24-19-13-14-30(27,28)22-12-5-2-9-18(19)22/h2-12,15,19H,13-14H2,1H3,(H2,24,25,26). The Kier molecular flexibility index (Phi) is 5.46. The Hall–Kier alpha value is -3.32. The van der Waals surface area contributed by atoms with Gasteiger partial charge in [0.05, 0.1) is 22.4 Å². The molecule has 30 heavy (non-hydrogen) atoms. The molecule has 1 aliphatic rings. The van der Waals surface area contributed by atoms with E-state index in [1.807, 2.05) is 37.3 Å². The van der Waals surface area contributed by atoms with Crippen LogP contribution in [0.3, 0.4) is 0 Å². The topological polar surface area (TPSA) is 84.5 Å². The van der Waals surface area contributed by atoms with E-state index in [2.05, 4.69) is 10.6 Å². The largest absolute Gasteiger partial charge is 0.455 e. The van der Waals surface area contributed by atoms with Crippen LogP contribution >= 0.6 is 0 Å². The lowest BCUT2D eigenvalue weighted by atomic mass is 10.0. The highest BCUT2D eigenvalue weighted by atomic mass is 32.2. The third-order valence-electron chi connectivity index (χ3n) is 4.96. The molecule has 1 unspecified atom stereocenters. The van der Waals surface area contributed by atoms with Crippen LogP contribution in [0.25, 0.3) is 0 Å². The highest BCUT2D eigenvalue weighted by Crippen LogP contribution is 2.33. The van der Waals surface area contributed by atoms with Crippen molar-refractivity contribution in [2.45, 2.75) is 24.3 Å². The number of nitrogens with one attached hydrogen (secondary N) is 2. The summed E-state index contributed by atoms with van der Waals surface area (Å²) in [5.74, 6) is 1.20. The fourth-order valence-corrected chi connectivity index (χ4v) is 5.14. The van der Waals surface area contributed by atoms with E-state index < -0.39 is 15.9 Å². The minimum absolute atomic E-state index is 0.00200. The Balaban J connectivity index is 1.50. The zero-order valence-corrected chi connectivity index (χ0v) is 17.3. The number of ether oxygens (including phenoxy) is 1. The van der Waals surface area contributed by atoms with Gasteiger partial charge < -0.3 is 15.4 Å². The summed E-state index contributed by atoms with van der Waals surface area (Å²) < 4.78 is 30.5. The monoisotopic (exact) mass is 422 g/mol. The summed E-state index contributed by atoms with van der Waals surface area (Å²) >= 11 is 0. The molecule has 0 aliphatic carbocycles. The molecule has 0 spiro atoms. The average Bonchev–Trinajstić information content (AvgIpc) is 2.72. The van der Waals surface area contributed by atoms with E-state index in [1.165, 1.54) is 0 Å². The summed E-state index contributed by atoms with van der Waals surface area (Å²) in [5.41, 5.74) is 2.21. The maximum absolute atomic E-state index is 12.7. The van der Waals surface area contributed by atoms with Gasteiger partial charge in [-0.15, -0.1) is 0 Å². The molecule has 0 bridgehead atoms. The molecule has 2 amide bonds. The van der Waals surface area contributed by atoms with Gasteiger partial charge in [-0.25, -0.2) is 13.2 Å². The van der Waals surface area contributed by atoms with Gasteiger partial charge in [-0.3, -0.25) is 0 Å². The first-order chi connectivity index (χ1) is 14.4. The molecule has 1 aliphatic heterocycles. The molecule has 7 heteroatoms. The van der Waals surface area contributed by atoms with E-state index in [0.29, 0.717) is 29.2 Å². The fourth-order valence-electron chi connectivity index (χ4n) is 3.52. The third kappa shape index (κ3) is 4.31. The number of para-hydroxylation sites is 2. The van der Waals surface area contributed by atoms with Gasteiger partial charge in [0.2, 0.25) is 0 Å². The van der Waals surface area contributed by atoms with E-state index in [9.17, 15) is 13.2 Å². The molecule has 1 heterocycles. The normalized spacial score (nSPS) is 16.9. The molecule has 3 aromatic carbocycles. The number of aryl methyl sites for hydroxylation is 1. The van der Waals surface area contributed by atoms with Crippen LogP contribution in [0.4, 0.5) is 10.5 Å². The minimum atomic E-state index is -3.31. The smallest absolute Gasteiger partial charge is 0.319 e. The fraction of sp³-hybridized carbons (Fsp3) is 0.174. The average molecular weight is 423 g/mol. The van der Waals surface area contributed by atoms with Crippen molar-refractivity contribution in [2.75, 3.05) is 11.1 Å². The van der Waals surface area contributed by atoms with Crippen molar-refractivity contribution in [3.63, 3.8) is 0 Å². The lowest BCUT2D eigenvalue weighted by molar-refractivity contribution is 0.247. The third-order valence-corrected chi connectivity index (χ3v) is 6.78. The van der Waals surface area contributed by atoms with Crippen LogP contribution in [0, 0.1) is 6.92 Å². The maximum Gasteiger partial charge on any atom is 0.319 e. The Morgan fingerprint density at radius 3 is 2.60 bits per heavy atom. The van der Waals surface area contributed by atoms with Crippen molar-refractivity contribution >= 4 is 21.6 Å². The molecule has 0 aromatic heterocycles. The number of fused-ring (bicyclic) bond motifs is 1. The highest BCUT2D eigenvalue weighted by Gasteiger charge is 2.30. The van der Waals surface area contributed by atoms with Gasteiger partial charge in [0.15, 0.2) is 15.6 Å². The number of carbonyl (C=O) groups excluding carboxylic acids is 1. The van der Waals surface area contributed by atoms with E-state index >= 15 is 0 Å². The number of anilines is 1. The number of rotatable bonds is 4. The van der Waals surface area contributed by atoms with Crippen molar-refractivity contribution < 1.29 is 17.9 Å². The van der Waals surface area contributed by atoms with Gasteiger partial charge in [0.25, 0.3) is 0 Å². The van der Waals surface area contributed by atoms with Crippen molar-refractivity contribution in [2.24, 2.45) is 0 Å². The van der Waals surface area contributed by atoms with Crippen molar-refractivity contribution in [3.8, 4) is 11.5 Å². The van der Waals surface area contributed by atoms with E-state index in [4.69, 9.17) is 4.74 Å². The Bertz CT molecular complexity index is 1190. The highest BCUT2D eigenvalue weighted by molar-refractivity contribution is 7.91. The summed E-state index contributed by atoms with van der Waals surface area (Å²) in [6.07, 6.45) is 0.328. The summed E-state index contributed by atoms with van der Waals surface area (Å²) in [7, 11) is -3.31. The van der Waals surface area contributed by atoms with Crippen LogP contribution in [0.15, 0.2) is 77.7 Å². The van der Waals surface area contributed by atoms with Crippen LogP contribution in [0.5, 0.6) is 11.5 Å². The Labute approximate surface area is 175 Å². The molecule has 3 aromatic rings. The second-order valence-corrected chi connectivity index (χ2v) is 9.29. The molecule has 1 atom stereocenters. The lowest BCUT2D eigenvalue weighted by Crippen LogP contribution is -2.36. The lowest BCUT2D eigenvalue weighted by Gasteiger charge is -2.26. The number of sulfone groups is 1. The zero-order valence-electron chi connectivity index (χ0n) is 16.5. The molecular formula is C23H22N2O4S. The van der Waals surface area contributed by atoms with E-state index in [1.54, 1.807) is 42.5 Å². The summed E-state index contributed by atoms with van der Waals surface area (Å²) in [5, 5.41) is 5.71. The second-order valence-electron chi connectivity index (χ2n) is 7.21. The summed E-state index contributed by atoms with van der Waals surface area (Å²) in [6, 6.07) is 20.8. The molecule has 154 valence electrons. The molecule has 6 nitrogen and oxygen atoms in total. The first-order valence-corrected chi connectivity index (χ1v) is 11.3. The van der Waals surface area contributed by atoms with E-state index in [-0.39, 0.29) is 16.7 Å². The van der Waals surface area contributed by atoms with Crippen LogP contribution in [-0.2, 0) is 9.84 Å².